The molecule has 2 aliphatic rings. The Hall–Kier alpha value is -2.26. The predicted molar refractivity (Wildman–Crippen MR) is 113 cm³/mol. The summed E-state index contributed by atoms with van der Waals surface area (Å²) in [5.41, 5.74) is 4.31. The number of anilines is 1. The van der Waals surface area contributed by atoms with Crippen molar-refractivity contribution in [2.45, 2.75) is 25.0 Å². The number of nitrogens with one attached hydrogen (secondary N) is 2. The Kier molecular flexibility index (Phi) is 9.24. The molecule has 2 unspecified atom stereocenters. The molecule has 15 heteroatoms. The maximum absolute atomic E-state index is 13.2. The molecule has 0 spiro atoms. The zero-order valence-corrected chi connectivity index (χ0v) is 19.1. The lowest BCUT2D eigenvalue weighted by Gasteiger charge is -2.35. The van der Waals surface area contributed by atoms with Gasteiger partial charge in [0.2, 0.25) is 17.8 Å². The minimum Gasteiger partial charge on any atom is -0.376 e. The Morgan fingerprint density at radius 2 is 1.94 bits per heavy atom. The van der Waals surface area contributed by atoms with Gasteiger partial charge >= 0.3 is 6.18 Å². The maximum atomic E-state index is 13.2. The summed E-state index contributed by atoms with van der Waals surface area (Å²) in [5, 5.41) is 0.444. The van der Waals surface area contributed by atoms with Crippen molar-refractivity contribution in [2.24, 2.45) is 5.92 Å². The molecular formula is C19H26ClF3N6O5. The Morgan fingerprint density at radius 3 is 2.56 bits per heavy atom. The van der Waals surface area contributed by atoms with Crippen LogP contribution in [-0.4, -0.2) is 98.3 Å². The summed E-state index contributed by atoms with van der Waals surface area (Å²) in [5.74, 6) is -3.13. The van der Waals surface area contributed by atoms with Crippen LogP contribution in [0.3, 0.4) is 0 Å². The van der Waals surface area contributed by atoms with Gasteiger partial charge in [-0.05, 0) is 0 Å². The summed E-state index contributed by atoms with van der Waals surface area (Å²) in [7, 11) is 1.25. The normalized spacial score (nSPS) is 22.4. The summed E-state index contributed by atoms with van der Waals surface area (Å²) in [6.45, 7) is 1.70. The average molecular weight is 511 g/mol. The molecule has 190 valence electrons. The number of hydrazine groups is 1. The van der Waals surface area contributed by atoms with Gasteiger partial charge in [-0.2, -0.15) is 13.2 Å². The first kappa shape index (κ1) is 26.3. The number of piperazine rings is 1. The van der Waals surface area contributed by atoms with Gasteiger partial charge in [-0.15, -0.1) is 0 Å². The summed E-state index contributed by atoms with van der Waals surface area (Å²) in [6.07, 6.45) is -4.28. The molecule has 3 rings (SSSR count). The monoisotopic (exact) mass is 510 g/mol. The summed E-state index contributed by atoms with van der Waals surface area (Å²) >= 11 is 5.80. The lowest BCUT2D eigenvalue weighted by molar-refractivity contribution is -0.247. The van der Waals surface area contributed by atoms with E-state index >= 15 is 0 Å². The number of methoxy groups -OCH3 is 1. The van der Waals surface area contributed by atoms with E-state index in [0.717, 1.165) is 0 Å². The van der Waals surface area contributed by atoms with Crippen LogP contribution in [0.4, 0.5) is 19.1 Å². The van der Waals surface area contributed by atoms with E-state index in [2.05, 4.69) is 15.4 Å². The molecule has 34 heavy (non-hydrogen) atoms. The number of carbonyl (C=O) groups is 2. The molecule has 2 amide bonds. The van der Waals surface area contributed by atoms with E-state index in [0.29, 0.717) is 37.1 Å². The third-order valence-electron chi connectivity index (χ3n) is 5.35. The molecule has 0 bridgehead atoms. The predicted octanol–water partition coefficient (Wildman–Crippen LogP) is 0.356. The first-order valence-corrected chi connectivity index (χ1v) is 10.9. The highest BCUT2D eigenvalue weighted by Crippen LogP contribution is 2.32. The molecule has 1 aromatic heterocycles. The minimum atomic E-state index is -4.77. The minimum absolute atomic E-state index is 0.0364. The van der Waals surface area contributed by atoms with Crippen molar-refractivity contribution in [2.75, 3.05) is 57.9 Å². The Morgan fingerprint density at radius 1 is 1.26 bits per heavy atom. The van der Waals surface area contributed by atoms with Crippen molar-refractivity contribution in [3.8, 4) is 0 Å². The van der Waals surface area contributed by atoms with E-state index < -0.39 is 30.4 Å². The van der Waals surface area contributed by atoms with Gasteiger partial charge in [0.15, 0.2) is 12.2 Å². The second kappa shape index (κ2) is 11.9. The van der Waals surface area contributed by atoms with Crippen LogP contribution < -0.4 is 15.8 Å². The first-order chi connectivity index (χ1) is 16.2. The van der Waals surface area contributed by atoms with Gasteiger partial charge < -0.3 is 24.0 Å². The molecule has 3 atom stereocenters. The summed E-state index contributed by atoms with van der Waals surface area (Å²) in [4.78, 5) is 36.0. The molecule has 0 saturated carbocycles. The highest BCUT2D eigenvalue weighted by molar-refractivity contribution is 6.30. The largest absolute Gasteiger partial charge is 0.403 e. The lowest BCUT2D eigenvalue weighted by atomic mass is 9.99. The molecular weight excluding hydrogens is 485 g/mol. The van der Waals surface area contributed by atoms with Crippen LogP contribution in [-0.2, 0) is 23.8 Å². The van der Waals surface area contributed by atoms with Crippen molar-refractivity contribution >= 4 is 29.4 Å². The number of amides is 2. The standard InChI is InChI=1S/C19H26ClF3N6O5/c1-32-15(34-13-10-26-27-17(31)16(13)19(21,22)23)11-33-7-2-14(30)28-3-5-29(6-4-28)18-24-8-12(20)9-25-18/h8-9,13,15-16,26H,2-7,10-11H2,1H3,(H,27,31)/t13?,15-,16?/m0/s1. The van der Waals surface area contributed by atoms with E-state index in [1.807, 2.05) is 10.3 Å². The molecule has 2 fully saturated rings. The van der Waals surface area contributed by atoms with Crippen LogP contribution in [0.5, 0.6) is 0 Å². The van der Waals surface area contributed by atoms with Gasteiger partial charge in [0.1, 0.15) is 0 Å². The number of hydrogen-bond donors (Lipinski definition) is 2. The van der Waals surface area contributed by atoms with E-state index in [1.54, 1.807) is 4.90 Å². The van der Waals surface area contributed by atoms with Crippen molar-refractivity contribution in [3.63, 3.8) is 0 Å². The molecule has 0 aliphatic carbocycles. The Labute approximate surface area is 198 Å². The van der Waals surface area contributed by atoms with E-state index in [9.17, 15) is 22.8 Å². The van der Waals surface area contributed by atoms with Crippen LogP contribution in [0.2, 0.25) is 5.02 Å². The van der Waals surface area contributed by atoms with Crippen LogP contribution in [0.15, 0.2) is 12.4 Å². The van der Waals surface area contributed by atoms with Gasteiger partial charge in [-0.25, -0.2) is 15.4 Å². The number of ether oxygens (including phenoxy) is 3. The molecule has 2 saturated heterocycles. The van der Waals surface area contributed by atoms with Gasteiger partial charge in [-0.1, -0.05) is 11.6 Å². The van der Waals surface area contributed by atoms with Crippen LogP contribution in [0.25, 0.3) is 0 Å². The van der Waals surface area contributed by atoms with Crippen molar-refractivity contribution in [1.29, 1.82) is 0 Å². The highest BCUT2D eigenvalue weighted by Gasteiger charge is 2.52. The lowest BCUT2D eigenvalue weighted by Crippen LogP contribution is -2.61. The summed E-state index contributed by atoms with van der Waals surface area (Å²) < 4.78 is 55.4. The highest BCUT2D eigenvalue weighted by atomic mass is 35.5. The second-order valence-electron chi connectivity index (χ2n) is 7.62. The number of hydrogen-bond acceptors (Lipinski definition) is 9. The molecule has 2 aliphatic heterocycles. The quantitative estimate of drug-likeness (QED) is 0.358. The van der Waals surface area contributed by atoms with Crippen LogP contribution in [0, 0.1) is 5.92 Å². The third-order valence-corrected chi connectivity index (χ3v) is 5.54. The zero-order valence-electron chi connectivity index (χ0n) is 18.4. The third kappa shape index (κ3) is 7.12. The first-order valence-electron chi connectivity index (χ1n) is 10.5. The van der Waals surface area contributed by atoms with Crippen LogP contribution in [0.1, 0.15) is 6.42 Å². The Bertz CT molecular complexity index is 826. The molecule has 3 heterocycles. The molecule has 2 N–H and O–H groups in total. The molecule has 0 radical (unpaired) electrons. The van der Waals surface area contributed by atoms with Gasteiger partial charge in [0, 0.05) is 39.8 Å². The number of nitrogens with zero attached hydrogens (tertiary/aromatic N) is 4. The number of aromatic nitrogens is 2. The molecule has 0 aromatic carbocycles. The number of rotatable bonds is 9. The number of carbonyl (C=O) groups excluding carboxylic acids is 2. The average Bonchev–Trinajstić information content (AvgIpc) is 2.80. The van der Waals surface area contributed by atoms with Crippen LogP contribution >= 0.6 is 11.6 Å². The number of halogens is 4. The van der Waals surface area contributed by atoms with E-state index in [4.69, 9.17) is 25.8 Å². The maximum Gasteiger partial charge on any atom is 0.403 e. The zero-order chi connectivity index (χ0) is 24.7. The topological polar surface area (TPSA) is 118 Å². The van der Waals surface area contributed by atoms with Crippen molar-refractivity contribution in [3.05, 3.63) is 17.4 Å². The SMILES string of the molecule is CO[C@H](COCCC(=O)N1CCN(c2ncc(Cl)cn2)CC1)OC1CNNC(=O)C1C(F)(F)F. The Balaban J connectivity index is 1.38. The van der Waals surface area contributed by atoms with Gasteiger partial charge in [0.25, 0.3) is 0 Å². The van der Waals surface area contributed by atoms with Crippen molar-refractivity contribution in [1.82, 2.24) is 25.7 Å². The second-order valence-corrected chi connectivity index (χ2v) is 8.06. The molecule has 11 nitrogen and oxygen atoms in total. The smallest absolute Gasteiger partial charge is 0.376 e. The molecule has 1 aromatic rings. The van der Waals surface area contributed by atoms with E-state index in [1.165, 1.54) is 19.5 Å². The fraction of sp³-hybridized carbons (Fsp3) is 0.684. The number of alkyl halides is 3. The summed E-state index contributed by atoms with van der Waals surface area (Å²) in [6, 6.07) is 0. The van der Waals surface area contributed by atoms with Gasteiger partial charge in [-0.3, -0.25) is 15.0 Å². The van der Waals surface area contributed by atoms with Gasteiger partial charge in [0.05, 0.1) is 43.2 Å². The fourth-order valence-corrected chi connectivity index (χ4v) is 3.67. The fourth-order valence-electron chi connectivity index (χ4n) is 3.57. The van der Waals surface area contributed by atoms with Crippen molar-refractivity contribution < 1.29 is 37.0 Å². The van der Waals surface area contributed by atoms with E-state index in [-0.39, 0.29) is 32.1 Å².